The van der Waals surface area contributed by atoms with E-state index in [2.05, 4.69) is 25.8 Å². The van der Waals surface area contributed by atoms with Gasteiger partial charge in [-0.2, -0.15) is 17.9 Å². The second-order valence-electron chi connectivity index (χ2n) is 9.66. The summed E-state index contributed by atoms with van der Waals surface area (Å²) in [6.07, 6.45) is -5.09. The van der Waals surface area contributed by atoms with Crippen LogP contribution in [0.2, 0.25) is 0 Å². The van der Waals surface area contributed by atoms with Crippen molar-refractivity contribution in [2.75, 3.05) is 11.9 Å². The first-order valence-corrected chi connectivity index (χ1v) is 11.5. The van der Waals surface area contributed by atoms with Gasteiger partial charge in [-0.05, 0) is 32.9 Å². The zero-order valence-electron chi connectivity index (χ0n) is 20.7. The first kappa shape index (κ1) is 25.2. The van der Waals surface area contributed by atoms with E-state index in [1.165, 1.54) is 6.07 Å². The standard InChI is InChI=1S/C24H22F3N7O4/c1-11-32-33-21(37-11)18-19(31-23(2,3)4)30-17-12(6-5-7-14(17)29-18)16-10-13-15(8-9-28-20(13)35)34(16)38-22(36)24(25,26)27/h5-7,10H,8-9H2,1-4H3,(H,28,35)(H,30,31). The lowest BCUT2D eigenvalue weighted by Gasteiger charge is -2.23. The van der Waals surface area contributed by atoms with Gasteiger partial charge in [-0.25, -0.2) is 14.8 Å². The van der Waals surface area contributed by atoms with Crippen molar-refractivity contribution in [2.24, 2.45) is 0 Å². The van der Waals surface area contributed by atoms with Crippen LogP contribution in [0, 0.1) is 6.92 Å². The van der Waals surface area contributed by atoms with Gasteiger partial charge in [-0.1, -0.05) is 12.1 Å². The Morgan fingerprint density at radius 1 is 1.16 bits per heavy atom. The predicted molar refractivity (Wildman–Crippen MR) is 128 cm³/mol. The Bertz CT molecular complexity index is 1580. The van der Waals surface area contributed by atoms with E-state index in [1.54, 1.807) is 25.1 Å². The Balaban J connectivity index is 1.75. The lowest BCUT2D eigenvalue weighted by molar-refractivity contribution is -0.199. The molecule has 0 spiro atoms. The summed E-state index contributed by atoms with van der Waals surface area (Å²) in [5.74, 6) is -2.17. The number of hydrogen-bond donors (Lipinski definition) is 2. The second-order valence-corrected chi connectivity index (χ2v) is 9.66. The zero-order chi connectivity index (χ0) is 27.4. The van der Waals surface area contributed by atoms with E-state index in [4.69, 9.17) is 14.2 Å². The van der Waals surface area contributed by atoms with Crippen molar-refractivity contribution in [3.63, 3.8) is 0 Å². The minimum atomic E-state index is -5.25. The molecule has 0 fully saturated rings. The third-order valence-electron chi connectivity index (χ3n) is 5.55. The molecular formula is C24H22F3N7O4. The smallest absolute Gasteiger partial charge is 0.420 e. The number of anilines is 1. The van der Waals surface area contributed by atoms with Crippen LogP contribution < -0.4 is 15.5 Å². The summed E-state index contributed by atoms with van der Waals surface area (Å²) in [7, 11) is 0. The number of alkyl halides is 3. The summed E-state index contributed by atoms with van der Waals surface area (Å²) in [4.78, 5) is 38.5. The summed E-state index contributed by atoms with van der Waals surface area (Å²) in [6.45, 7) is 7.52. The number of hydrogen-bond acceptors (Lipinski definition) is 9. The maximum atomic E-state index is 13.1. The van der Waals surface area contributed by atoms with Crippen molar-refractivity contribution < 1.29 is 32.0 Å². The highest BCUT2D eigenvalue weighted by Crippen LogP contribution is 2.35. The van der Waals surface area contributed by atoms with E-state index in [9.17, 15) is 22.8 Å². The number of aryl methyl sites for hydroxylation is 1. The second kappa shape index (κ2) is 8.82. The summed E-state index contributed by atoms with van der Waals surface area (Å²) in [5.41, 5.74) is 0.993. The zero-order valence-corrected chi connectivity index (χ0v) is 20.7. The van der Waals surface area contributed by atoms with Gasteiger partial charge in [0.1, 0.15) is 5.52 Å². The molecule has 0 saturated heterocycles. The number of rotatable bonds is 4. The van der Waals surface area contributed by atoms with Crippen LogP contribution in [0.25, 0.3) is 33.9 Å². The largest absolute Gasteiger partial charge is 0.493 e. The molecule has 1 aliphatic heterocycles. The summed E-state index contributed by atoms with van der Waals surface area (Å²) in [5, 5.41) is 13.8. The van der Waals surface area contributed by atoms with E-state index in [0.717, 1.165) is 4.73 Å². The molecule has 0 atom stereocenters. The van der Waals surface area contributed by atoms with Crippen LogP contribution in [0.15, 0.2) is 28.7 Å². The van der Waals surface area contributed by atoms with E-state index in [0.29, 0.717) is 11.4 Å². The molecule has 1 amide bonds. The molecule has 0 unspecified atom stereocenters. The molecule has 38 heavy (non-hydrogen) atoms. The van der Waals surface area contributed by atoms with Crippen LogP contribution in [0.1, 0.15) is 42.7 Å². The molecule has 0 radical (unpaired) electrons. The van der Waals surface area contributed by atoms with E-state index in [1.807, 2.05) is 20.8 Å². The molecular weight excluding hydrogens is 507 g/mol. The van der Waals surface area contributed by atoms with Gasteiger partial charge in [0.25, 0.3) is 11.8 Å². The Hall–Kier alpha value is -4.49. The number of nitrogens with one attached hydrogen (secondary N) is 2. The normalized spacial score (nSPS) is 13.8. The summed E-state index contributed by atoms with van der Waals surface area (Å²) in [6, 6.07) is 6.23. The molecule has 4 aromatic rings. The fraction of sp³-hybridized carbons (Fsp3) is 0.333. The number of amides is 1. The first-order valence-electron chi connectivity index (χ1n) is 11.5. The maximum Gasteiger partial charge on any atom is 0.493 e. The molecule has 11 nitrogen and oxygen atoms in total. The number of aromatic nitrogens is 5. The minimum absolute atomic E-state index is 0.0349. The van der Waals surface area contributed by atoms with Gasteiger partial charge < -0.3 is 19.9 Å². The number of benzene rings is 1. The van der Waals surface area contributed by atoms with E-state index < -0.39 is 23.6 Å². The molecule has 1 aliphatic rings. The van der Waals surface area contributed by atoms with Gasteiger partial charge in [0.2, 0.25) is 5.89 Å². The fourth-order valence-electron chi connectivity index (χ4n) is 4.05. The molecule has 198 valence electrons. The Morgan fingerprint density at radius 2 is 1.92 bits per heavy atom. The van der Waals surface area contributed by atoms with Crippen LogP contribution in [-0.2, 0) is 11.2 Å². The van der Waals surface area contributed by atoms with E-state index in [-0.39, 0.29) is 58.4 Å². The lowest BCUT2D eigenvalue weighted by atomic mass is 10.1. The Labute approximate surface area is 213 Å². The summed E-state index contributed by atoms with van der Waals surface area (Å²) < 4.78 is 45.7. The molecule has 4 heterocycles. The number of carbonyl (C=O) groups excluding carboxylic acids is 2. The third kappa shape index (κ3) is 4.64. The quantitative estimate of drug-likeness (QED) is 0.407. The van der Waals surface area contributed by atoms with Crippen molar-refractivity contribution in [3.8, 4) is 22.8 Å². The molecule has 1 aromatic carbocycles. The molecule has 5 rings (SSSR count). The van der Waals surface area contributed by atoms with Crippen molar-refractivity contribution in [1.82, 2.24) is 30.2 Å². The highest BCUT2D eigenvalue weighted by molar-refractivity contribution is 6.00. The van der Waals surface area contributed by atoms with Gasteiger partial charge in [0.15, 0.2) is 11.5 Å². The van der Waals surface area contributed by atoms with Crippen molar-refractivity contribution >= 4 is 28.7 Å². The fourth-order valence-corrected chi connectivity index (χ4v) is 4.05. The highest BCUT2D eigenvalue weighted by Gasteiger charge is 2.43. The Kier molecular flexibility index (Phi) is 5.84. The van der Waals surface area contributed by atoms with Crippen molar-refractivity contribution in [1.29, 1.82) is 0 Å². The van der Waals surface area contributed by atoms with Crippen molar-refractivity contribution in [2.45, 2.75) is 45.8 Å². The van der Waals surface area contributed by atoms with Gasteiger partial charge in [0.05, 0.1) is 22.5 Å². The van der Waals surface area contributed by atoms with Gasteiger partial charge >= 0.3 is 12.1 Å². The summed E-state index contributed by atoms with van der Waals surface area (Å²) >= 11 is 0. The van der Waals surface area contributed by atoms with Gasteiger partial charge in [-0.3, -0.25) is 4.79 Å². The topological polar surface area (TPSA) is 137 Å². The molecule has 0 bridgehead atoms. The molecule has 0 aliphatic carbocycles. The predicted octanol–water partition coefficient (Wildman–Crippen LogP) is 3.47. The number of fused-ring (bicyclic) bond motifs is 2. The number of nitrogens with zero attached hydrogens (tertiary/aromatic N) is 5. The van der Waals surface area contributed by atoms with Crippen LogP contribution in [-0.4, -0.2) is 55.0 Å². The van der Waals surface area contributed by atoms with Crippen molar-refractivity contribution in [3.05, 3.63) is 41.4 Å². The third-order valence-corrected chi connectivity index (χ3v) is 5.55. The van der Waals surface area contributed by atoms with Gasteiger partial charge in [0, 0.05) is 31.0 Å². The molecule has 0 saturated carbocycles. The average Bonchev–Trinajstić information content (AvgIpc) is 3.41. The van der Waals surface area contributed by atoms with Crippen LogP contribution in [0.5, 0.6) is 0 Å². The molecule has 2 N–H and O–H groups in total. The SMILES string of the molecule is Cc1nnc(-c2nc3cccc(-c4cc5c(n4OC(=O)C(F)(F)F)CCNC5=O)c3nc2NC(C)(C)C)o1. The van der Waals surface area contributed by atoms with Crippen LogP contribution in [0.3, 0.4) is 0 Å². The van der Waals surface area contributed by atoms with Crippen LogP contribution in [0.4, 0.5) is 19.0 Å². The highest BCUT2D eigenvalue weighted by atomic mass is 19.4. The molecule has 14 heteroatoms. The van der Waals surface area contributed by atoms with Gasteiger partial charge in [-0.15, -0.1) is 10.2 Å². The number of carbonyl (C=O) groups is 2. The number of para-hydroxylation sites is 1. The maximum absolute atomic E-state index is 13.1. The number of halogens is 3. The average molecular weight is 529 g/mol. The monoisotopic (exact) mass is 529 g/mol. The van der Waals surface area contributed by atoms with E-state index >= 15 is 0 Å². The Morgan fingerprint density at radius 3 is 2.58 bits per heavy atom. The molecule has 3 aromatic heterocycles. The lowest BCUT2D eigenvalue weighted by Crippen LogP contribution is -2.37. The van der Waals surface area contributed by atoms with Crippen LogP contribution >= 0.6 is 0 Å². The first-order chi connectivity index (χ1) is 17.8. The minimum Gasteiger partial charge on any atom is -0.420 e.